The van der Waals surface area contributed by atoms with E-state index >= 15 is 0 Å². The van der Waals surface area contributed by atoms with Gasteiger partial charge < -0.3 is 9.47 Å². The van der Waals surface area contributed by atoms with E-state index in [1.165, 1.54) is 0 Å². The lowest BCUT2D eigenvalue weighted by Crippen LogP contribution is -2.37. The van der Waals surface area contributed by atoms with Gasteiger partial charge in [0.25, 0.3) is 0 Å². The van der Waals surface area contributed by atoms with Crippen molar-refractivity contribution in [3.05, 3.63) is 102 Å². The van der Waals surface area contributed by atoms with Gasteiger partial charge in [0.1, 0.15) is 13.2 Å². The van der Waals surface area contributed by atoms with Gasteiger partial charge in [-0.1, -0.05) is 78.9 Å². The minimum absolute atomic E-state index is 0.0645. The highest BCUT2D eigenvalue weighted by Gasteiger charge is 2.26. The minimum atomic E-state index is -0.789. The molecular formula is C22H19NO4. The van der Waals surface area contributed by atoms with Gasteiger partial charge >= 0.3 is 12.2 Å². The maximum absolute atomic E-state index is 12.6. The lowest BCUT2D eigenvalue weighted by molar-refractivity contribution is 0.127. The van der Waals surface area contributed by atoms with Crippen LogP contribution in [0.2, 0.25) is 0 Å². The van der Waals surface area contributed by atoms with E-state index in [1.807, 2.05) is 60.7 Å². The van der Waals surface area contributed by atoms with E-state index in [-0.39, 0.29) is 13.2 Å². The molecule has 5 nitrogen and oxygen atoms in total. The Kier molecular flexibility index (Phi) is 6.20. The van der Waals surface area contributed by atoms with Gasteiger partial charge in [-0.05, 0) is 23.3 Å². The number of carbonyl (C=O) groups excluding carboxylic acids is 2. The van der Waals surface area contributed by atoms with Gasteiger partial charge in [-0.25, -0.2) is 9.59 Å². The SMILES string of the molecule is O=C(OCc1ccccc1)N(C(=O)OCc1ccccc1)c1ccccc1. The number of para-hydroxylation sites is 1. The molecular weight excluding hydrogens is 342 g/mol. The molecule has 0 aliphatic carbocycles. The highest BCUT2D eigenvalue weighted by atomic mass is 16.6. The van der Waals surface area contributed by atoms with Crippen LogP contribution >= 0.6 is 0 Å². The molecule has 0 fully saturated rings. The number of carbonyl (C=O) groups is 2. The number of nitrogens with zero attached hydrogens (tertiary/aromatic N) is 1. The second-order valence-corrected chi connectivity index (χ2v) is 5.75. The Balaban J connectivity index is 1.70. The van der Waals surface area contributed by atoms with Crippen LogP contribution in [0.3, 0.4) is 0 Å². The molecule has 5 heteroatoms. The van der Waals surface area contributed by atoms with Crippen molar-refractivity contribution in [3.8, 4) is 0 Å². The predicted octanol–water partition coefficient (Wildman–Crippen LogP) is 5.17. The van der Waals surface area contributed by atoms with Gasteiger partial charge in [-0.3, -0.25) is 0 Å². The number of benzene rings is 3. The smallest absolute Gasteiger partial charge is 0.424 e. The van der Waals surface area contributed by atoms with Crippen LogP contribution in [0.1, 0.15) is 11.1 Å². The Labute approximate surface area is 157 Å². The Morgan fingerprint density at radius 2 is 0.963 bits per heavy atom. The summed E-state index contributed by atoms with van der Waals surface area (Å²) in [5, 5.41) is 0. The van der Waals surface area contributed by atoms with Crippen molar-refractivity contribution in [2.75, 3.05) is 4.90 Å². The lowest BCUT2D eigenvalue weighted by Gasteiger charge is -2.20. The molecule has 3 aromatic rings. The molecule has 0 heterocycles. The first-order valence-electron chi connectivity index (χ1n) is 8.50. The molecule has 0 spiro atoms. The molecule has 0 aliphatic heterocycles. The first-order valence-corrected chi connectivity index (χ1v) is 8.50. The predicted molar refractivity (Wildman–Crippen MR) is 102 cm³/mol. The molecule has 0 atom stereocenters. The highest BCUT2D eigenvalue weighted by molar-refractivity contribution is 6.09. The van der Waals surface area contributed by atoms with Crippen molar-refractivity contribution >= 4 is 17.9 Å². The number of imide groups is 1. The third-order valence-electron chi connectivity index (χ3n) is 3.79. The fourth-order valence-corrected chi connectivity index (χ4v) is 2.43. The van der Waals surface area contributed by atoms with Gasteiger partial charge in [0.15, 0.2) is 0 Å². The summed E-state index contributed by atoms with van der Waals surface area (Å²) in [7, 11) is 0. The standard InChI is InChI=1S/C22H19NO4/c24-21(26-16-18-10-4-1-5-11-18)23(20-14-8-3-9-15-20)22(25)27-17-19-12-6-2-7-13-19/h1-15H,16-17H2. The Bertz CT molecular complexity index is 811. The zero-order chi connectivity index (χ0) is 18.9. The van der Waals surface area contributed by atoms with Gasteiger partial charge in [0.2, 0.25) is 0 Å². The third-order valence-corrected chi connectivity index (χ3v) is 3.79. The van der Waals surface area contributed by atoms with E-state index in [1.54, 1.807) is 30.3 Å². The van der Waals surface area contributed by atoms with E-state index in [9.17, 15) is 9.59 Å². The molecule has 27 heavy (non-hydrogen) atoms. The van der Waals surface area contributed by atoms with Crippen molar-refractivity contribution in [1.29, 1.82) is 0 Å². The maximum atomic E-state index is 12.6. The number of hydrogen-bond acceptors (Lipinski definition) is 4. The normalized spacial score (nSPS) is 10.1. The second kappa shape index (κ2) is 9.20. The number of amides is 2. The van der Waals surface area contributed by atoms with Crippen molar-refractivity contribution in [1.82, 2.24) is 0 Å². The van der Waals surface area contributed by atoms with Crippen molar-refractivity contribution in [2.45, 2.75) is 13.2 Å². The quantitative estimate of drug-likeness (QED) is 0.629. The van der Waals surface area contributed by atoms with E-state index in [0.29, 0.717) is 5.69 Å². The summed E-state index contributed by atoms with van der Waals surface area (Å²) in [6, 6.07) is 27.1. The van der Waals surface area contributed by atoms with E-state index in [0.717, 1.165) is 16.0 Å². The zero-order valence-electron chi connectivity index (χ0n) is 14.7. The van der Waals surface area contributed by atoms with E-state index in [4.69, 9.17) is 9.47 Å². The highest BCUT2D eigenvalue weighted by Crippen LogP contribution is 2.17. The van der Waals surface area contributed by atoms with Crippen LogP contribution in [0.4, 0.5) is 15.3 Å². The summed E-state index contributed by atoms with van der Waals surface area (Å²) in [6.07, 6.45) is -1.58. The van der Waals surface area contributed by atoms with Crippen LogP contribution in [0, 0.1) is 0 Å². The maximum Gasteiger partial charge on any atom is 0.424 e. The second-order valence-electron chi connectivity index (χ2n) is 5.75. The Morgan fingerprint density at radius 1 is 0.593 bits per heavy atom. The van der Waals surface area contributed by atoms with Crippen molar-refractivity contribution in [2.24, 2.45) is 0 Å². The van der Waals surface area contributed by atoms with Crippen LogP contribution in [0.15, 0.2) is 91.0 Å². The Morgan fingerprint density at radius 3 is 1.37 bits per heavy atom. The molecule has 0 aromatic heterocycles. The molecule has 3 rings (SSSR count). The lowest BCUT2D eigenvalue weighted by atomic mass is 10.2. The van der Waals surface area contributed by atoms with E-state index in [2.05, 4.69) is 0 Å². The topological polar surface area (TPSA) is 55.8 Å². The Hall–Kier alpha value is -3.60. The molecule has 136 valence electrons. The van der Waals surface area contributed by atoms with Crippen LogP contribution < -0.4 is 4.90 Å². The average Bonchev–Trinajstić information content (AvgIpc) is 2.73. The first kappa shape index (κ1) is 18.2. The van der Waals surface area contributed by atoms with Gasteiger partial charge in [0, 0.05) is 0 Å². The average molecular weight is 361 g/mol. The van der Waals surface area contributed by atoms with Gasteiger partial charge in [0.05, 0.1) is 5.69 Å². The fraction of sp³-hybridized carbons (Fsp3) is 0.0909. The fourth-order valence-electron chi connectivity index (χ4n) is 2.43. The summed E-state index contributed by atoms with van der Waals surface area (Å²) >= 11 is 0. The number of rotatable bonds is 5. The van der Waals surface area contributed by atoms with Crippen LogP contribution in [-0.2, 0) is 22.7 Å². The number of hydrogen-bond donors (Lipinski definition) is 0. The largest absolute Gasteiger partial charge is 0.444 e. The molecule has 0 bridgehead atoms. The molecule has 0 N–H and O–H groups in total. The zero-order valence-corrected chi connectivity index (χ0v) is 14.7. The summed E-state index contributed by atoms with van der Waals surface area (Å²) in [4.78, 5) is 26.0. The molecule has 2 amide bonds. The van der Waals surface area contributed by atoms with Crippen LogP contribution in [-0.4, -0.2) is 12.2 Å². The molecule has 0 aliphatic rings. The van der Waals surface area contributed by atoms with Crippen LogP contribution in [0.25, 0.3) is 0 Å². The van der Waals surface area contributed by atoms with Gasteiger partial charge in [-0.2, -0.15) is 4.90 Å². The molecule has 0 unspecified atom stereocenters. The molecule has 0 saturated heterocycles. The minimum Gasteiger partial charge on any atom is -0.444 e. The van der Waals surface area contributed by atoms with Crippen molar-refractivity contribution < 1.29 is 19.1 Å². The number of anilines is 1. The molecule has 0 radical (unpaired) electrons. The molecule has 0 saturated carbocycles. The number of ether oxygens (including phenoxy) is 2. The summed E-state index contributed by atoms with van der Waals surface area (Å²) in [5.74, 6) is 0. The third kappa shape index (κ3) is 5.19. The van der Waals surface area contributed by atoms with E-state index < -0.39 is 12.2 Å². The summed E-state index contributed by atoms with van der Waals surface area (Å²) < 4.78 is 10.6. The summed E-state index contributed by atoms with van der Waals surface area (Å²) in [6.45, 7) is 0.129. The van der Waals surface area contributed by atoms with Crippen molar-refractivity contribution in [3.63, 3.8) is 0 Å². The summed E-state index contributed by atoms with van der Waals surface area (Å²) in [5.41, 5.74) is 2.04. The van der Waals surface area contributed by atoms with Crippen LogP contribution in [0.5, 0.6) is 0 Å². The van der Waals surface area contributed by atoms with Gasteiger partial charge in [-0.15, -0.1) is 0 Å². The monoisotopic (exact) mass is 361 g/mol. The first-order chi connectivity index (χ1) is 13.2. The molecule has 3 aromatic carbocycles.